The molecule has 14 heteroatoms. The number of methoxy groups -OCH3 is 1. The number of nitrogens with zero attached hydrogens (tertiary/aromatic N) is 2. The van der Waals surface area contributed by atoms with E-state index in [1.54, 1.807) is 6.07 Å². The molecule has 1 aromatic carbocycles. The Balaban J connectivity index is 2.33. The first-order valence-electron chi connectivity index (χ1n) is 13.7. The summed E-state index contributed by atoms with van der Waals surface area (Å²) < 4.78 is 27.9. The highest BCUT2D eigenvalue weighted by Gasteiger charge is 2.45. The van der Waals surface area contributed by atoms with Crippen molar-refractivity contribution < 1.29 is 32.7 Å². The number of rotatable bonds is 17. The molecule has 0 fully saturated rings. The SMILES string of the molecule is C=CCOC(=O)NCc1noc([C@@H](N)CSCc2c(O[Si](C)(C)C(C)(C)C(C)C)cc(OC)c(Cl)c2C(=O)OCC=C)n1. The molecule has 1 atom stereocenters. The molecular formula is C29H43ClN4O7SSi. The van der Waals surface area contributed by atoms with E-state index in [1.165, 1.54) is 31.0 Å². The molecule has 0 unspecified atom stereocenters. The van der Waals surface area contributed by atoms with E-state index in [1.807, 2.05) is 0 Å². The van der Waals surface area contributed by atoms with Crippen LogP contribution in [0.3, 0.4) is 0 Å². The van der Waals surface area contributed by atoms with E-state index < -0.39 is 26.4 Å². The zero-order valence-corrected chi connectivity index (χ0v) is 28.5. The summed E-state index contributed by atoms with van der Waals surface area (Å²) in [6, 6.07) is 1.10. The highest BCUT2D eigenvalue weighted by molar-refractivity contribution is 7.98. The number of amides is 1. The van der Waals surface area contributed by atoms with Gasteiger partial charge >= 0.3 is 12.1 Å². The van der Waals surface area contributed by atoms with Gasteiger partial charge in [0.15, 0.2) is 5.82 Å². The van der Waals surface area contributed by atoms with Crippen LogP contribution in [0.2, 0.25) is 23.2 Å². The van der Waals surface area contributed by atoms with Crippen LogP contribution < -0.4 is 20.2 Å². The fourth-order valence-corrected chi connectivity index (χ4v) is 7.45. The standard InChI is InChI=1S/C29H43ClN4O7SSi/c1-10-12-38-27(35)24-19(21(14-22(37-7)25(24)30)41-43(8,9)29(5,6)18(3)4)16-42-17-20(31)26-33-23(34-40-26)15-32-28(36)39-13-11-2/h10-11,14,18,20H,1-2,12-13,15-17,31H2,3-9H3,(H,32,36)/t20-/m0/s1. The van der Waals surface area contributed by atoms with Crippen molar-refractivity contribution in [2.75, 3.05) is 26.1 Å². The van der Waals surface area contributed by atoms with E-state index in [4.69, 9.17) is 40.5 Å². The lowest BCUT2D eigenvalue weighted by molar-refractivity contribution is 0.0548. The maximum atomic E-state index is 13.3. The highest BCUT2D eigenvalue weighted by Crippen LogP contribution is 2.47. The maximum Gasteiger partial charge on any atom is 0.407 e. The van der Waals surface area contributed by atoms with Gasteiger partial charge in [-0.05, 0) is 24.1 Å². The third-order valence-corrected chi connectivity index (χ3v) is 13.4. The summed E-state index contributed by atoms with van der Waals surface area (Å²) in [5, 5.41) is 6.40. The Morgan fingerprint density at radius 3 is 2.47 bits per heavy atom. The zero-order valence-electron chi connectivity index (χ0n) is 26.0. The summed E-state index contributed by atoms with van der Waals surface area (Å²) in [6.45, 7) is 20.3. The summed E-state index contributed by atoms with van der Waals surface area (Å²) >= 11 is 8.12. The largest absolute Gasteiger partial charge is 0.543 e. The van der Waals surface area contributed by atoms with Gasteiger partial charge in [0, 0.05) is 23.1 Å². The van der Waals surface area contributed by atoms with E-state index in [9.17, 15) is 9.59 Å². The van der Waals surface area contributed by atoms with Gasteiger partial charge in [-0.1, -0.05) is 69.8 Å². The summed E-state index contributed by atoms with van der Waals surface area (Å²) in [4.78, 5) is 29.2. The molecule has 238 valence electrons. The molecule has 11 nitrogen and oxygen atoms in total. The van der Waals surface area contributed by atoms with Crippen molar-refractivity contribution in [1.82, 2.24) is 15.5 Å². The van der Waals surface area contributed by atoms with Crippen LogP contribution >= 0.6 is 23.4 Å². The first kappa shape index (κ1) is 36.2. The minimum atomic E-state index is -2.41. The van der Waals surface area contributed by atoms with Crippen LogP contribution in [0.1, 0.15) is 61.4 Å². The van der Waals surface area contributed by atoms with E-state index in [0.717, 1.165) is 0 Å². The number of alkyl carbamates (subject to hydrolysis) is 1. The van der Waals surface area contributed by atoms with Crippen LogP contribution in [-0.2, 0) is 21.8 Å². The fourth-order valence-electron chi connectivity index (χ4n) is 3.74. The minimum absolute atomic E-state index is 0.00691. The van der Waals surface area contributed by atoms with Gasteiger partial charge < -0.3 is 34.2 Å². The number of carbonyl (C=O) groups excluding carboxylic acids is 2. The van der Waals surface area contributed by atoms with Crippen molar-refractivity contribution >= 4 is 43.7 Å². The number of nitrogens with one attached hydrogen (secondary N) is 1. The molecule has 0 radical (unpaired) electrons. The number of hydrogen-bond acceptors (Lipinski definition) is 11. The first-order valence-corrected chi connectivity index (χ1v) is 18.2. The second-order valence-electron chi connectivity index (χ2n) is 11.0. The number of esters is 1. The number of benzene rings is 1. The van der Waals surface area contributed by atoms with E-state index in [2.05, 4.69) is 69.4 Å². The van der Waals surface area contributed by atoms with Crippen molar-refractivity contribution in [1.29, 1.82) is 0 Å². The Bertz CT molecular complexity index is 1290. The fraction of sp³-hybridized carbons (Fsp3) is 0.517. The molecule has 0 aliphatic rings. The van der Waals surface area contributed by atoms with Crippen LogP contribution in [-0.4, -0.2) is 56.6 Å². The highest BCUT2D eigenvalue weighted by atomic mass is 35.5. The van der Waals surface area contributed by atoms with Gasteiger partial charge in [0.2, 0.25) is 5.89 Å². The summed E-state index contributed by atoms with van der Waals surface area (Å²) in [5.74, 6) is 1.67. The number of carbonyl (C=O) groups is 2. The minimum Gasteiger partial charge on any atom is -0.543 e. The van der Waals surface area contributed by atoms with E-state index in [0.29, 0.717) is 34.5 Å². The molecule has 0 aliphatic carbocycles. The Labute approximate surface area is 264 Å². The summed E-state index contributed by atoms with van der Waals surface area (Å²) in [6.07, 6.45) is 2.31. The van der Waals surface area contributed by atoms with Crippen LogP contribution in [0.15, 0.2) is 35.9 Å². The normalized spacial score (nSPS) is 12.4. The maximum absolute atomic E-state index is 13.3. The molecule has 0 saturated carbocycles. The second kappa shape index (κ2) is 16.2. The molecule has 1 heterocycles. The topological polar surface area (TPSA) is 148 Å². The molecule has 1 aromatic heterocycles. The molecule has 0 bridgehead atoms. The van der Waals surface area contributed by atoms with Crippen LogP contribution in [0.5, 0.6) is 11.5 Å². The predicted octanol–water partition coefficient (Wildman–Crippen LogP) is 6.44. The van der Waals surface area contributed by atoms with Gasteiger partial charge in [0.1, 0.15) is 24.7 Å². The van der Waals surface area contributed by atoms with Crippen molar-refractivity contribution in [2.24, 2.45) is 11.7 Å². The van der Waals surface area contributed by atoms with Gasteiger partial charge in [-0.25, -0.2) is 9.59 Å². The number of ether oxygens (including phenoxy) is 3. The zero-order chi connectivity index (χ0) is 32.4. The van der Waals surface area contributed by atoms with Crippen molar-refractivity contribution in [3.63, 3.8) is 0 Å². The van der Waals surface area contributed by atoms with Gasteiger partial charge in [-0.15, -0.1) is 0 Å². The molecule has 2 aromatic rings. The molecule has 2 rings (SSSR count). The average Bonchev–Trinajstić information content (AvgIpc) is 3.43. The lowest BCUT2D eigenvalue weighted by Crippen LogP contribution is -2.48. The smallest absolute Gasteiger partial charge is 0.407 e. The summed E-state index contributed by atoms with van der Waals surface area (Å²) in [5.41, 5.74) is 7.09. The lowest BCUT2D eigenvalue weighted by atomic mass is 9.99. The third kappa shape index (κ3) is 9.49. The number of aromatic nitrogens is 2. The van der Waals surface area contributed by atoms with Crippen LogP contribution in [0.25, 0.3) is 0 Å². The van der Waals surface area contributed by atoms with E-state index >= 15 is 0 Å². The monoisotopic (exact) mass is 654 g/mol. The number of nitrogens with two attached hydrogens (primary N) is 1. The average molecular weight is 655 g/mol. The Hall–Kier alpha value is -3.00. The Morgan fingerprint density at radius 1 is 1.21 bits per heavy atom. The Morgan fingerprint density at radius 2 is 1.86 bits per heavy atom. The van der Waals surface area contributed by atoms with Crippen molar-refractivity contribution in [3.8, 4) is 11.5 Å². The van der Waals surface area contributed by atoms with Crippen molar-refractivity contribution in [3.05, 3.63) is 59.2 Å². The molecule has 3 N–H and O–H groups in total. The lowest BCUT2D eigenvalue weighted by Gasteiger charge is -2.43. The first-order chi connectivity index (χ1) is 20.2. The molecule has 1 amide bonds. The van der Waals surface area contributed by atoms with Gasteiger partial charge in [-0.2, -0.15) is 16.7 Å². The molecular weight excluding hydrogens is 612 g/mol. The Kier molecular flexibility index (Phi) is 13.6. The van der Waals surface area contributed by atoms with Crippen molar-refractivity contribution in [2.45, 2.75) is 64.2 Å². The molecule has 0 spiro atoms. The van der Waals surface area contributed by atoms with E-state index in [-0.39, 0.29) is 47.1 Å². The molecule has 0 saturated heterocycles. The van der Waals surface area contributed by atoms with Gasteiger partial charge in [0.05, 0.1) is 30.3 Å². The van der Waals surface area contributed by atoms with Gasteiger partial charge in [0.25, 0.3) is 8.32 Å². The van der Waals surface area contributed by atoms with Crippen LogP contribution in [0, 0.1) is 5.92 Å². The van der Waals surface area contributed by atoms with Gasteiger partial charge in [-0.3, -0.25) is 0 Å². The quantitative estimate of drug-likeness (QED) is 0.110. The molecule has 43 heavy (non-hydrogen) atoms. The third-order valence-electron chi connectivity index (χ3n) is 7.48. The van der Waals surface area contributed by atoms with Crippen LogP contribution in [0.4, 0.5) is 4.79 Å². The number of halogens is 1. The predicted molar refractivity (Wildman–Crippen MR) is 171 cm³/mol. The summed E-state index contributed by atoms with van der Waals surface area (Å²) in [7, 11) is -0.932. The molecule has 0 aliphatic heterocycles. The number of hydrogen-bond donors (Lipinski definition) is 2. The second-order valence-corrected chi connectivity index (χ2v) is 17.0. The number of thioether (sulfide) groups is 1.